The van der Waals surface area contributed by atoms with Gasteiger partial charge in [-0.05, 0) is 12.1 Å². The molecule has 2 aromatic rings. The van der Waals surface area contributed by atoms with Crippen molar-refractivity contribution in [3.63, 3.8) is 0 Å². The summed E-state index contributed by atoms with van der Waals surface area (Å²) >= 11 is 0. The van der Waals surface area contributed by atoms with Crippen LogP contribution in [-0.4, -0.2) is 39.7 Å². The number of aliphatic hydroxyl groups is 1. The smallest absolute Gasteiger partial charge is 0.408 e. The van der Waals surface area contributed by atoms with Gasteiger partial charge in [-0.15, -0.1) is 0 Å². The van der Waals surface area contributed by atoms with E-state index in [-0.39, 0.29) is 12.3 Å². The number of hydrogen-bond acceptors (Lipinski definition) is 4. The minimum absolute atomic E-state index is 0.0533. The van der Waals surface area contributed by atoms with E-state index >= 15 is 0 Å². The van der Waals surface area contributed by atoms with Crippen LogP contribution in [0.5, 0.6) is 0 Å². The number of aromatic nitrogens is 1. The van der Waals surface area contributed by atoms with Crippen LogP contribution in [0.4, 0.5) is 0 Å². The predicted octanol–water partition coefficient (Wildman–Crippen LogP) is 0.188. The lowest BCUT2D eigenvalue weighted by molar-refractivity contribution is -0.141. The zero-order chi connectivity index (χ0) is 13.4. The van der Waals surface area contributed by atoms with Crippen LogP contribution in [0, 0.1) is 0 Å². The lowest BCUT2D eigenvalue weighted by atomic mass is 10.1. The minimum atomic E-state index is -0.447. The number of carbonyl (C=O) groups is 1. The van der Waals surface area contributed by atoms with Crippen molar-refractivity contribution in [2.24, 2.45) is 0 Å². The fourth-order valence-electron chi connectivity index (χ4n) is 2.25. The van der Waals surface area contributed by atoms with Crippen LogP contribution in [0.15, 0.2) is 33.5 Å². The molecular weight excluding hydrogens is 248 g/mol. The number of β-amino-alcohol motifs (C(OH)–C–C–N with tert-alkyl or cyclic N) is 1. The number of aliphatic hydroxyl groups excluding tert-OH is 1. The van der Waals surface area contributed by atoms with Gasteiger partial charge in [0.25, 0.3) is 0 Å². The number of benzene rings is 1. The SMILES string of the molecule is O=C(CCn1c(=O)oc2ccccc21)N1CC(O)C1. The van der Waals surface area contributed by atoms with Gasteiger partial charge in [0.2, 0.25) is 5.91 Å². The molecule has 1 aromatic heterocycles. The Morgan fingerprint density at radius 2 is 2.11 bits per heavy atom. The second-order valence-electron chi connectivity index (χ2n) is 4.69. The zero-order valence-corrected chi connectivity index (χ0v) is 10.3. The van der Waals surface area contributed by atoms with Crippen molar-refractivity contribution >= 4 is 17.0 Å². The number of aryl methyl sites for hydroxylation is 1. The molecule has 0 atom stereocenters. The van der Waals surface area contributed by atoms with Crippen LogP contribution in [0.1, 0.15) is 6.42 Å². The fourth-order valence-corrected chi connectivity index (χ4v) is 2.25. The number of likely N-dealkylation sites (tertiary alicyclic amines) is 1. The quantitative estimate of drug-likeness (QED) is 0.856. The molecule has 1 aliphatic heterocycles. The summed E-state index contributed by atoms with van der Waals surface area (Å²) in [4.78, 5) is 25.1. The fraction of sp³-hybridized carbons (Fsp3) is 0.385. The van der Waals surface area contributed by atoms with Crippen LogP contribution < -0.4 is 5.76 Å². The van der Waals surface area contributed by atoms with Gasteiger partial charge in [-0.1, -0.05) is 12.1 Å². The maximum Gasteiger partial charge on any atom is 0.419 e. The number of amides is 1. The Hall–Kier alpha value is -2.08. The van der Waals surface area contributed by atoms with E-state index in [1.54, 1.807) is 23.1 Å². The molecular formula is C13H14N2O4. The molecule has 1 aromatic carbocycles. The molecule has 0 aliphatic carbocycles. The molecule has 6 nitrogen and oxygen atoms in total. The van der Waals surface area contributed by atoms with Gasteiger partial charge in [0.1, 0.15) is 0 Å². The Morgan fingerprint density at radius 3 is 2.84 bits per heavy atom. The van der Waals surface area contributed by atoms with Gasteiger partial charge in [-0.3, -0.25) is 9.36 Å². The highest BCUT2D eigenvalue weighted by Crippen LogP contribution is 2.13. The highest BCUT2D eigenvalue weighted by atomic mass is 16.4. The van der Waals surface area contributed by atoms with Crippen molar-refractivity contribution < 1.29 is 14.3 Å². The van der Waals surface area contributed by atoms with Crippen molar-refractivity contribution in [3.05, 3.63) is 34.8 Å². The van der Waals surface area contributed by atoms with E-state index in [9.17, 15) is 9.59 Å². The molecule has 19 heavy (non-hydrogen) atoms. The molecule has 100 valence electrons. The number of hydrogen-bond donors (Lipinski definition) is 1. The van der Waals surface area contributed by atoms with Crippen LogP contribution in [-0.2, 0) is 11.3 Å². The van der Waals surface area contributed by atoms with Gasteiger partial charge in [0, 0.05) is 26.1 Å². The van der Waals surface area contributed by atoms with E-state index in [0.717, 1.165) is 0 Å². The Morgan fingerprint density at radius 1 is 1.37 bits per heavy atom. The summed E-state index contributed by atoms with van der Waals surface area (Å²) in [6.07, 6.45) is -0.169. The van der Waals surface area contributed by atoms with Gasteiger partial charge in [0.15, 0.2) is 5.58 Å². The number of fused-ring (bicyclic) bond motifs is 1. The molecule has 2 heterocycles. The van der Waals surface area contributed by atoms with Gasteiger partial charge in [-0.25, -0.2) is 4.79 Å². The normalized spacial score (nSPS) is 15.7. The average molecular weight is 262 g/mol. The van der Waals surface area contributed by atoms with E-state index in [4.69, 9.17) is 9.52 Å². The molecule has 0 unspecified atom stereocenters. The van der Waals surface area contributed by atoms with Crippen LogP contribution >= 0.6 is 0 Å². The number of para-hydroxylation sites is 2. The van der Waals surface area contributed by atoms with E-state index in [1.165, 1.54) is 4.57 Å². The largest absolute Gasteiger partial charge is 0.419 e. The molecule has 0 saturated carbocycles. The highest BCUT2D eigenvalue weighted by Gasteiger charge is 2.28. The van der Waals surface area contributed by atoms with Crippen molar-refractivity contribution in [1.82, 2.24) is 9.47 Å². The monoisotopic (exact) mass is 262 g/mol. The molecule has 6 heteroatoms. The predicted molar refractivity (Wildman–Crippen MR) is 67.7 cm³/mol. The summed E-state index contributed by atoms with van der Waals surface area (Å²) in [7, 11) is 0. The molecule has 1 fully saturated rings. The first-order valence-electron chi connectivity index (χ1n) is 6.19. The summed E-state index contributed by atoms with van der Waals surface area (Å²) in [5, 5.41) is 9.14. The van der Waals surface area contributed by atoms with Crippen molar-refractivity contribution in [2.75, 3.05) is 13.1 Å². The van der Waals surface area contributed by atoms with E-state index in [1.807, 2.05) is 6.07 Å². The third-order valence-electron chi connectivity index (χ3n) is 3.34. The van der Waals surface area contributed by atoms with Gasteiger partial charge in [-0.2, -0.15) is 0 Å². The Labute approximate surface area is 108 Å². The first-order valence-corrected chi connectivity index (χ1v) is 6.19. The van der Waals surface area contributed by atoms with Crippen molar-refractivity contribution in [1.29, 1.82) is 0 Å². The maximum atomic E-state index is 11.8. The Bertz CT molecular complexity index is 667. The lowest BCUT2D eigenvalue weighted by Gasteiger charge is -2.35. The first kappa shape index (κ1) is 12.0. The third kappa shape index (κ3) is 2.15. The molecule has 1 aliphatic rings. The maximum absolute atomic E-state index is 11.8. The lowest BCUT2D eigenvalue weighted by Crippen LogP contribution is -2.53. The van der Waals surface area contributed by atoms with Crippen LogP contribution in [0.2, 0.25) is 0 Å². The number of oxazole rings is 1. The molecule has 1 saturated heterocycles. The number of nitrogens with zero attached hydrogens (tertiary/aromatic N) is 2. The van der Waals surface area contributed by atoms with E-state index < -0.39 is 11.9 Å². The zero-order valence-electron chi connectivity index (χ0n) is 10.3. The van der Waals surface area contributed by atoms with E-state index in [2.05, 4.69) is 0 Å². The second kappa shape index (κ2) is 4.55. The minimum Gasteiger partial charge on any atom is -0.408 e. The molecule has 1 N–H and O–H groups in total. The topological polar surface area (TPSA) is 75.7 Å². The van der Waals surface area contributed by atoms with Gasteiger partial charge in [0.05, 0.1) is 11.6 Å². The van der Waals surface area contributed by atoms with Gasteiger partial charge >= 0.3 is 5.76 Å². The Kier molecular flexibility index (Phi) is 2.87. The van der Waals surface area contributed by atoms with Crippen LogP contribution in [0.3, 0.4) is 0 Å². The van der Waals surface area contributed by atoms with Crippen molar-refractivity contribution in [2.45, 2.75) is 19.1 Å². The van der Waals surface area contributed by atoms with Crippen LogP contribution in [0.25, 0.3) is 11.1 Å². The average Bonchev–Trinajstić information content (AvgIpc) is 2.68. The summed E-state index contributed by atoms with van der Waals surface area (Å²) in [5.74, 6) is -0.500. The number of carbonyl (C=O) groups excluding carboxylic acids is 1. The molecule has 1 amide bonds. The molecule has 0 bridgehead atoms. The standard InChI is InChI=1S/C13H14N2O4/c16-9-7-14(8-9)12(17)5-6-15-10-3-1-2-4-11(10)19-13(15)18/h1-4,9,16H,5-8H2. The summed E-state index contributed by atoms with van der Waals surface area (Å²) in [5.41, 5.74) is 1.23. The van der Waals surface area contributed by atoms with Gasteiger partial charge < -0.3 is 14.4 Å². The molecule has 0 spiro atoms. The highest BCUT2D eigenvalue weighted by molar-refractivity contribution is 5.77. The van der Waals surface area contributed by atoms with E-state index in [0.29, 0.717) is 30.7 Å². The third-order valence-corrected chi connectivity index (χ3v) is 3.34. The summed E-state index contributed by atoms with van der Waals surface area (Å²) < 4.78 is 6.55. The number of rotatable bonds is 3. The summed E-state index contributed by atoms with van der Waals surface area (Å²) in [6.45, 7) is 1.07. The first-order chi connectivity index (χ1) is 9.15. The Balaban J connectivity index is 1.73. The van der Waals surface area contributed by atoms with Crippen molar-refractivity contribution in [3.8, 4) is 0 Å². The summed E-state index contributed by atoms with van der Waals surface area (Å²) in [6, 6.07) is 7.13. The second-order valence-corrected chi connectivity index (χ2v) is 4.69. The molecule has 0 radical (unpaired) electrons. The molecule has 3 rings (SSSR count).